The number of carboxylic acids is 1. The molecule has 0 aromatic carbocycles. The van der Waals surface area contributed by atoms with Crippen LogP contribution in [-0.4, -0.2) is 40.0 Å². The van der Waals surface area contributed by atoms with E-state index in [-0.39, 0.29) is 6.42 Å². The molecule has 0 radical (unpaired) electrons. The molecule has 0 aromatic heterocycles. The standard InChI is InChI=1S/C9H14N2O4/c1-9(2,3)15-8(14)11-6(7(12)13)4-5-10-11/h5-6H,4H2,1-3H3,(H,12,13)/t6-/m0/s1. The minimum absolute atomic E-state index is 0.217. The molecule has 15 heavy (non-hydrogen) atoms. The molecule has 0 unspecified atom stereocenters. The monoisotopic (exact) mass is 214 g/mol. The van der Waals surface area contributed by atoms with E-state index in [0.717, 1.165) is 5.01 Å². The molecule has 0 saturated carbocycles. The van der Waals surface area contributed by atoms with Crippen LogP contribution in [0.5, 0.6) is 0 Å². The Kier molecular flexibility index (Phi) is 2.97. The lowest BCUT2D eigenvalue weighted by Crippen LogP contribution is -2.41. The highest BCUT2D eigenvalue weighted by molar-refractivity contribution is 5.85. The maximum absolute atomic E-state index is 11.5. The van der Waals surface area contributed by atoms with Gasteiger partial charge in [-0.1, -0.05) is 0 Å². The molecular formula is C9H14N2O4. The Bertz CT molecular complexity index is 306. The Balaban J connectivity index is 2.67. The largest absolute Gasteiger partial charge is 0.480 e. The fourth-order valence-corrected chi connectivity index (χ4v) is 1.10. The minimum Gasteiger partial charge on any atom is -0.480 e. The van der Waals surface area contributed by atoms with Gasteiger partial charge < -0.3 is 9.84 Å². The summed E-state index contributed by atoms with van der Waals surface area (Å²) in [5.41, 5.74) is -0.655. The number of aliphatic carboxylic acids is 1. The van der Waals surface area contributed by atoms with Crippen LogP contribution in [0.3, 0.4) is 0 Å². The molecule has 1 heterocycles. The highest BCUT2D eigenvalue weighted by Gasteiger charge is 2.35. The smallest absolute Gasteiger partial charge is 0.431 e. The van der Waals surface area contributed by atoms with Crippen LogP contribution in [0.1, 0.15) is 27.2 Å². The van der Waals surface area contributed by atoms with E-state index < -0.39 is 23.7 Å². The van der Waals surface area contributed by atoms with Crippen molar-refractivity contribution in [3.05, 3.63) is 0 Å². The van der Waals surface area contributed by atoms with Crippen LogP contribution >= 0.6 is 0 Å². The predicted molar refractivity (Wildman–Crippen MR) is 52.6 cm³/mol. The zero-order chi connectivity index (χ0) is 11.6. The lowest BCUT2D eigenvalue weighted by Gasteiger charge is -2.24. The molecule has 1 aliphatic heterocycles. The average molecular weight is 214 g/mol. The van der Waals surface area contributed by atoms with Crippen molar-refractivity contribution in [1.82, 2.24) is 5.01 Å². The van der Waals surface area contributed by atoms with E-state index >= 15 is 0 Å². The van der Waals surface area contributed by atoms with Gasteiger partial charge >= 0.3 is 12.1 Å². The van der Waals surface area contributed by atoms with Crippen molar-refractivity contribution < 1.29 is 19.4 Å². The van der Waals surface area contributed by atoms with E-state index in [1.165, 1.54) is 6.21 Å². The van der Waals surface area contributed by atoms with Crippen LogP contribution < -0.4 is 0 Å². The Morgan fingerprint density at radius 1 is 1.53 bits per heavy atom. The van der Waals surface area contributed by atoms with Gasteiger partial charge in [0.05, 0.1) is 0 Å². The van der Waals surface area contributed by atoms with Gasteiger partial charge in [-0.05, 0) is 20.8 Å². The first-order valence-corrected chi connectivity index (χ1v) is 4.59. The first-order chi connectivity index (χ1) is 6.81. The Morgan fingerprint density at radius 3 is 2.60 bits per heavy atom. The van der Waals surface area contributed by atoms with Crippen LogP contribution in [0.4, 0.5) is 4.79 Å². The number of nitrogens with zero attached hydrogens (tertiary/aromatic N) is 2. The number of rotatable bonds is 1. The van der Waals surface area contributed by atoms with E-state index in [1.807, 2.05) is 0 Å². The lowest BCUT2D eigenvalue weighted by atomic mass is 10.2. The molecule has 1 aliphatic rings. The molecule has 84 valence electrons. The summed E-state index contributed by atoms with van der Waals surface area (Å²) in [6, 6.07) is -0.945. The maximum Gasteiger partial charge on any atom is 0.431 e. The molecule has 1 N–H and O–H groups in total. The second-order valence-corrected chi connectivity index (χ2v) is 4.21. The third kappa shape index (κ3) is 2.93. The van der Waals surface area contributed by atoms with Gasteiger partial charge in [-0.15, -0.1) is 0 Å². The molecule has 0 spiro atoms. The molecule has 1 atom stereocenters. The van der Waals surface area contributed by atoms with Gasteiger partial charge in [-0.2, -0.15) is 10.1 Å². The van der Waals surface area contributed by atoms with Crippen LogP contribution in [0.25, 0.3) is 0 Å². The summed E-state index contributed by atoms with van der Waals surface area (Å²) < 4.78 is 5.01. The average Bonchev–Trinajstić information content (AvgIpc) is 2.47. The van der Waals surface area contributed by atoms with Gasteiger partial charge in [-0.25, -0.2) is 9.59 Å². The summed E-state index contributed by atoms with van der Waals surface area (Å²) in [6.45, 7) is 5.13. The molecule has 6 heteroatoms. The topological polar surface area (TPSA) is 79.2 Å². The van der Waals surface area contributed by atoms with Crippen molar-refractivity contribution in [2.45, 2.75) is 38.8 Å². The number of amides is 1. The second-order valence-electron chi connectivity index (χ2n) is 4.21. The predicted octanol–water partition coefficient (Wildman–Crippen LogP) is 1.07. The number of hydrogen-bond donors (Lipinski definition) is 1. The highest BCUT2D eigenvalue weighted by Crippen LogP contribution is 2.16. The van der Waals surface area contributed by atoms with E-state index in [2.05, 4.69) is 5.10 Å². The summed E-state index contributed by atoms with van der Waals surface area (Å²) in [7, 11) is 0. The number of ether oxygens (including phenoxy) is 1. The quantitative estimate of drug-likeness (QED) is 0.708. The van der Waals surface area contributed by atoms with Crippen LogP contribution in [0, 0.1) is 0 Å². The van der Waals surface area contributed by atoms with Crippen molar-refractivity contribution in [2.75, 3.05) is 0 Å². The van der Waals surface area contributed by atoms with Gasteiger partial charge in [0.2, 0.25) is 0 Å². The van der Waals surface area contributed by atoms with Gasteiger partial charge in [0.25, 0.3) is 0 Å². The van der Waals surface area contributed by atoms with Crippen LogP contribution in [0.15, 0.2) is 5.10 Å². The summed E-state index contributed by atoms with van der Waals surface area (Å²) in [6.07, 6.45) is 0.876. The zero-order valence-corrected chi connectivity index (χ0v) is 8.93. The van der Waals surface area contributed by atoms with Gasteiger partial charge in [-0.3, -0.25) is 0 Å². The van der Waals surface area contributed by atoms with Crippen molar-refractivity contribution in [2.24, 2.45) is 5.10 Å². The Labute approximate surface area is 87.5 Å². The zero-order valence-electron chi connectivity index (χ0n) is 8.93. The number of hydrazone groups is 1. The molecule has 0 bridgehead atoms. The SMILES string of the molecule is CC(C)(C)OC(=O)N1N=CC[C@H]1C(=O)O. The van der Waals surface area contributed by atoms with Gasteiger partial charge in [0.1, 0.15) is 5.60 Å². The fourth-order valence-electron chi connectivity index (χ4n) is 1.10. The third-order valence-corrected chi connectivity index (χ3v) is 1.70. The minimum atomic E-state index is -1.08. The Morgan fingerprint density at radius 2 is 2.13 bits per heavy atom. The maximum atomic E-state index is 11.5. The highest BCUT2D eigenvalue weighted by atomic mass is 16.6. The van der Waals surface area contributed by atoms with E-state index in [0.29, 0.717) is 0 Å². The normalized spacial score (nSPS) is 20.5. The third-order valence-electron chi connectivity index (χ3n) is 1.70. The first-order valence-electron chi connectivity index (χ1n) is 4.59. The van der Waals surface area contributed by atoms with Gasteiger partial charge in [0, 0.05) is 12.6 Å². The molecule has 1 amide bonds. The van der Waals surface area contributed by atoms with E-state index in [4.69, 9.17) is 9.84 Å². The van der Waals surface area contributed by atoms with Crippen molar-refractivity contribution in [1.29, 1.82) is 0 Å². The number of carboxylic acid groups (broad SMARTS) is 1. The molecule has 0 aromatic rings. The molecular weight excluding hydrogens is 200 g/mol. The first kappa shape index (κ1) is 11.5. The van der Waals surface area contributed by atoms with Crippen LogP contribution in [0.2, 0.25) is 0 Å². The fraction of sp³-hybridized carbons (Fsp3) is 0.667. The molecule has 0 saturated heterocycles. The van der Waals surface area contributed by atoms with Gasteiger partial charge in [0.15, 0.2) is 6.04 Å². The van der Waals surface area contributed by atoms with Crippen molar-refractivity contribution in [3.8, 4) is 0 Å². The second kappa shape index (κ2) is 3.88. The summed E-state index contributed by atoms with van der Waals surface area (Å²) in [4.78, 5) is 22.3. The molecule has 0 aliphatic carbocycles. The lowest BCUT2D eigenvalue weighted by molar-refractivity contribution is -0.142. The van der Waals surface area contributed by atoms with E-state index in [1.54, 1.807) is 20.8 Å². The number of hydrogen-bond acceptors (Lipinski definition) is 4. The molecule has 0 fully saturated rings. The summed E-state index contributed by atoms with van der Waals surface area (Å²) >= 11 is 0. The van der Waals surface area contributed by atoms with Crippen molar-refractivity contribution in [3.63, 3.8) is 0 Å². The van der Waals surface area contributed by atoms with Crippen molar-refractivity contribution >= 4 is 18.3 Å². The number of carbonyl (C=O) groups is 2. The molecule has 6 nitrogen and oxygen atoms in total. The molecule has 1 rings (SSSR count). The van der Waals surface area contributed by atoms with Crippen LogP contribution in [-0.2, 0) is 9.53 Å². The number of carbonyl (C=O) groups excluding carboxylic acids is 1. The summed E-state index contributed by atoms with van der Waals surface area (Å²) in [5, 5.41) is 13.3. The Hall–Kier alpha value is -1.59. The van der Waals surface area contributed by atoms with E-state index in [9.17, 15) is 9.59 Å². The summed E-state index contributed by atoms with van der Waals surface area (Å²) in [5.74, 6) is -1.08.